The highest BCUT2D eigenvalue weighted by Gasteiger charge is 2.26. The summed E-state index contributed by atoms with van der Waals surface area (Å²) in [6.45, 7) is 5.32. The molecule has 1 aromatic heterocycles. The number of hydrogen-bond acceptors (Lipinski definition) is 8. The predicted octanol–water partition coefficient (Wildman–Crippen LogP) is 4.62. The lowest BCUT2D eigenvalue weighted by molar-refractivity contribution is 0.0445. The largest absolute Gasteiger partial charge is 0.493 e. The lowest BCUT2D eigenvalue weighted by Gasteiger charge is -2.12. The highest BCUT2D eigenvalue weighted by atomic mass is 16.5. The average molecular weight is 496 g/mol. The highest BCUT2D eigenvalue weighted by molar-refractivity contribution is 5.98. The molecule has 1 heterocycles. The van der Waals surface area contributed by atoms with Gasteiger partial charge >= 0.3 is 17.9 Å². The van der Waals surface area contributed by atoms with Gasteiger partial charge in [-0.05, 0) is 50.1 Å². The molecule has 2 aromatic carbocycles. The van der Waals surface area contributed by atoms with Gasteiger partial charge in [0.15, 0.2) is 11.5 Å². The number of esters is 3. The fourth-order valence-corrected chi connectivity index (χ4v) is 3.52. The van der Waals surface area contributed by atoms with E-state index in [4.69, 9.17) is 23.7 Å². The fourth-order valence-electron chi connectivity index (χ4n) is 3.52. The Labute approximate surface area is 209 Å². The minimum atomic E-state index is -0.650. The Bertz CT molecular complexity index is 1220. The van der Waals surface area contributed by atoms with Gasteiger partial charge in [0.2, 0.25) is 0 Å². The quantitative estimate of drug-likeness (QED) is 0.303. The average Bonchev–Trinajstić information content (AvgIpc) is 3.22. The molecule has 0 saturated heterocycles. The van der Waals surface area contributed by atoms with Gasteiger partial charge in [0, 0.05) is 0 Å². The number of aromatic nitrogens is 1. The summed E-state index contributed by atoms with van der Waals surface area (Å²) in [5, 5.41) is 0. The summed E-state index contributed by atoms with van der Waals surface area (Å²) in [6.07, 6.45) is 0. The Morgan fingerprint density at radius 2 is 1.50 bits per heavy atom. The second-order valence-electron chi connectivity index (χ2n) is 7.64. The second kappa shape index (κ2) is 12.4. The Morgan fingerprint density at radius 3 is 2.17 bits per heavy atom. The van der Waals surface area contributed by atoms with Crippen molar-refractivity contribution in [1.29, 1.82) is 0 Å². The summed E-state index contributed by atoms with van der Waals surface area (Å²) in [5.41, 5.74) is 2.05. The molecule has 0 atom stereocenters. The number of rotatable bonds is 11. The van der Waals surface area contributed by atoms with Crippen molar-refractivity contribution in [1.82, 2.24) is 4.98 Å². The van der Waals surface area contributed by atoms with E-state index in [1.165, 1.54) is 13.2 Å². The number of nitrogens with one attached hydrogen (secondary N) is 1. The van der Waals surface area contributed by atoms with Crippen molar-refractivity contribution in [2.24, 2.45) is 0 Å². The van der Waals surface area contributed by atoms with E-state index in [1.807, 2.05) is 30.3 Å². The number of carbonyl (C=O) groups excluding carboxylic acids is 3. The Morgan fingerprint density at radius 1 is 0.806 bits per heavy atom. The van der Waals surface area contributed by atoms with Crippen LogP contribution in [0.15, 0.2) is 48.5 Å². The molecule has 9 heteroatoms. The van der Waals surface area contributed by atoms with E-state index in [9.17, 15) is 14.4 Å². The SMILES string of the molecule is CCOC(=O)c1[nH]c(COC(=O)c2ccc(OCc3ccccc3)c(OC)c2)c(C(=O)OCC)c1C. The van der Waals surface area contributed by atoms with Crippen LogP contribution in [0.5, 0.6) is 11.5 Å². The molecule has 0 aliphatic carbocycles. The van der Waals surface area contributed by atoms with Gasteiger partial charge in [-0.25, -0.2) is 14.4 Å². The molecule has 0 unspecified atom stereocenters. The fraction of sp³-hybridized carbons (Fsp3) is 0.296. The molecule has 3 rings (SSSR count). The first-order chi connectivity index (χ1) is 17.4. The third kappa shape index (κ3) is 6.24. The second-order valence-corrected chi connectivity index (χ2v) is 7.64. The van der Waals surface area contributed by atoms with Crippen LogP contribution in [0.2, 0.25) is 0 Å². The molecule has 3 aromatic rings. The first-order valence-electron chi connectivity index (χ1n) is 11.5. The molecule has 0 aliphatic rings. The molecule has 0 aliphatic heterocycles. The summed E-state index contributed by atoms with van der Waals surface area (Å²) in [6, 6.07) is 14.3. The van der Waals surface area contributed by atoms with Crippen LogP contribution in [-0.2, 0) is 27.4 Å². The molecule has 0 saturated carbocycles. The zero-order valence-electron chi connectivity index (χ0n) is 20.7. The maximum atomic E-state index is 12.8. The Balaban J connectivity index is 1.75. The summed E-state index contributed by atoms with van der Waals surface area (Å²) in [4.78, 5) is 40.4. The monoisotopic (exact) mass is 495 g/mol. The van der Waals surface area contributed by atoms with E-state index < -0.39 is 17.9 Å². The summed E-state index contributed by atoms with van der Waals surface area (Å²) in [5.74, 6) is -1.06. The van der Waals surface area contributed by atoms with Crippen molar-refractivity contribution in [2.45, 2.75) is 34.0 Å². The van der Waals surface area contributed by atoms with Crippen LogP contribution in [-0.4, -0.2) is 43.2 Å². The van der Waals surface area contributed by atoms with E-state index in [0.717, 1.165) is 5.56 Å². The predicted molar refractivity (Wildman–Crippen MR) is 130 cm³/mol. The molecule has 0 radical (unpaired) electrons. The van der Waals surface area contributed by atoms with Gasteiger partial charge < -0.3 is 28.7 Å². The van der Waals surface area contributed by atoms with E-state index in [-0.39, 0.29) is 42.3 Å². The van der Waals surface area contributed by atoms with Crippen molar-refractivity contribution in [3.8, 4) is 11.5 Å². The Kier molecular flexibility index (Phi) is 9.10. The van der Waals surface area contributed by atoms with E-state index >= 15 is 0 Å². The minimum Gasteiger partial charge on any atom is -0.493 e. The van der Waals surface area contributed by atoms with E-state index in [0.29, 0.717) is 23.7 Å². The molecule has 9 nitrogen and oxygen atoms in total. The first kappa shape index (κ1) is 26.3. The lowest BCUT2D eigenvalue weighted by atomic mass is 10.1. The van der Waals surface area contributed by atoms with Crippen LogP contribution in [0.3, 0.4) is 0 Å². The molecular formula is C27H29NO8. The summed E-state index contributed by atoms with van der Waals surface area (Å²) < 4.78 is 26.8. The zero-order chi connectivity index (χ0) is 26.1. The topological polar surface area (TPSA) is 113 Å². The minimum absolute atomic E-state index is 0.104. The Hall–Kier alpha value is -4.27. The van der Waals surface area contributed by atoms with E-state index in [1.54, 1.807) is 32.9 Å². The van der Waals surface area contributed by atoms with Crippen molar-refractivity contribution in [2.75, 3.05) is 20.3 Å². The zero-order valence-corrected chi connectivity index (χ0v) is 20.7. The highest BCUT2D eigenvalue weighted by Crippen LogP contribution is 2.29. The molecule has 190 valence electrons. The van der Waals surface area contributed by atoms with Gasteiger partial charge in [0.25, 0.3) is 0 Å². The number of hydrogen-bond donors (Lipinski definition) is 1. The molecule has 0 amide bonds. The molecular weight excluding hydrogens is 466 g/mol. The normalized spacial score (nSPS) is 10.4. The van der Waals surface area contributed by atoms with Crippen LogP contribution in [0.4, 0.5) is 0 Å². The third-order valence-corrected chi connectivity index (χ3v) is 5.27. The molecule has 0 bridgehead atoms. The van der Waals surface area contributed by atoms with Gasteiger partial charge in [-0.15, -0.1) is 0 Å². The maximum Gasteiger partial charge on any atom is 0.355 e. The third-order valence-electron chi connectivity index (χ3n) is 5.27. The summed E-state index contributed by atoms with van der Waals surface area (Å²) >= 11 is 0. The van der Waals surface area contributed by atoms with Crippen molar-refractivity contribution in [3.63, 3.8) is 0 Å². The first-order valence-corrected chi connectivity index (χ1v) is 11.5. The van der Waals surface area contributed by atoms with Crippen LogP contribution in [0, 0.1) is 6.92 Å². The van der Waals surface area contributed by atoms with Crippen LogP contribution < -0.4 is 9.47 Å². The number of H-pyrrole nitrogens is 1. The van der Waals surface area contributed by atoms with Gasteiger partial charge in [-0.2, -0.15) is 0 Å². The van der Waals surface area contributed by atoms with Gasteiger partial charge in [0.05, 0.1) is 37.1 Å². The van der Waals surface area contributed by atoms with Crippen LogP contribution in [0.25, 0.3) is 0 Å². The molecule has 1 N–H and O–H groups in total. The number of benzene rings is 2. The number of ether oxygens (including phenoxy) is 5. The molecule has 0 fully saturated rings. The number of methoxy groups -OCH3 is 1. The van der Waals surface area contributed by atoms with Crippen molar-refractivity contribution in [3.05, 3.63) is 82.2 Å². The van der Waals surface area contributed by atoms with Crippen LogP contribution >= 0.6 is 0 Å². The van der Waals surface area contributed by atoms with Crippen molar-refractivity contribution >= 4 is 17.9 Å². The lowest BCUT2D eigenvalue weighted by Crippen LogP contribution is -2.11. The standard InChI is InChI=1S/C27H29NO8/c1-5-33-26(30)23-17(3)24(27(31)34-6-2)28-20(23)16-36-25(29)19-12-13-21(22(14-19)32-4)35-15-18-10-8-7-9-11-18/h7-14,28H,5-6,15-16H2,1-4H3. The molecule has 0 spiro atoms. The van der Waals surface area contributed by atoms with Crippen LogP contribution in [0.1, 0.15) is 61.9 Å². The molecule has 36 heavy (non-hydrogen) atoms. The maximum absolute atomic E-state index is 12.8. The van der Waals surface area contributed by atoms with Crippen molar-refractivity contribution < 1.29 is 38.1 Å². The van der Waals surface area contributed by atoms with Gasteiger partial charge in [-0.3, -0.25) is 0 Å². The smallest absolute Gasteiger partial charge is 0.355 e. The van der Waals surface area contributed by atoms with Gasteiger partial charge in [0.1, 0.15) is 18.9 Å². The number of carbonyl (C=O) groups is 3. The van der Waals surface area contributed by atoms with E-state index in [2.05, 4.69) is 4.98 Å². The number of aromatic amines is 1. The van der Waals surface area contributed by atoms with Gasteiger partial charge in [-0.1, -0.05) is 30.3 Å². The summed E-state index contributed by atoms with van der Waals surface area (Å²) in [7, 11) is 1.48.